The van der Waals surface area contributed by atoms with Crippen LogP contribution in [0.2, 0.25) is 0 Å². The van der Waals surface area contributed by atoms with Gasteiger partial charge in [-0.3, -0.25) is 9.69 Å². The number of nitrogens with one attached hydrogen (secondary N) is 1. The van der Waals surface area contributed by atoms with E-state index in [9.17, 15) is 4.79 Å². The standard InChI is InChI=1S/C20H31N3O3/c1-3-26-19-8-10-22(11-9-19)16(2)20(24)21-17-4-6-18(7-5-17)23-12-14-25-15-13-23/h4-7,16,19H,3,8-15H2,1-2H3,(H,21,24). The van der Waals surface area contributed by atoms with Crippen LogP contribution in [0, 0.1) is 0 Å². The van der Waals surface area contributed by atoms with Gasteiger partial charge in [0.15, 0.2) is 0 Å². The first-order valence-corrected chi connectivity index (χ1v) is 9.76. The van der Waals surface area contributed by atoms with Gasteiger partial charge in [-0.15, -0.1) is 0 Å². The highest BCUT2D eigenvalue weighted by atomic mass is 16.5. The second-order valence-electron chi connectivity index (χ2n) is 7.00. The number of amides is 1. The minimum absolute atomic E-state index is 0.0546. The van der Waals surface area contributed by atoms with Crippen molar-refractivity contribution in [2.45, 2.75) is 38.8 Å². The molecule has 2 saturated heterocycles. The van der Waals surface area contributed by atoms with Crippen molar-refractivity contribution in [3.05, 3.63) is 24.3 Å². The summed E-state index contributed by atoms with van der Waals surface area (Å²) in [6.07, 6.45) is 2.35. The first kappa shape index (κ1) is 19.1. The third kappa shape index (κ3) is 4.96. The summed E-state index contributed by atoms with van der Waals surface area (Å²) in [5.74, 6) is 0.0546. The summed E-state index contributed by atoms with van der Waals surface area (Å²) < 4.78 is 11.1. The van der Waals surface area contributed by atoms with Crippen molar-refractivity contribution in [1.29, 1.82) is 0 Å². The van der Waals surface area contributed by atoms with Gasteiger partial charge in [-0.2, -0.15) is 0 Å². The molecule has 0 radical (unpaired) electrons. The molecule has 2 aliphatic rings. The highest BCUT2D eigenvalue weighted by Gasteiger charge is 2.26. The molecule has 1 aromatic carbocycles. The minimum Gasteiger partial charge on any atom is -0.378 e. The highest BCUT2D eigenvalue weighted by molar-refractivity contribution is 5.94. The Morgan fingerprint density at radius 1 is 1.19 bits per heavy atom. The van der Waals surface area contributed by atoms with Crippen LogP contribution in [0.1, 0.15) is 26.7 Å². The molecule has 0 aromatic heterocycles. The van der Waals surface area contributed by atoms with Crippen LogP contribution >= 0.6 is 0 Å². The third-order valence-electron chi connectivity index (χ3n) is 5.32. The van der Waals surface area contributed by atoms with E-state index in [1.165, 1.54) is 5.69 Å². The molecule has 3 rings (SSSR count). The summed E-state index contributed by atoms with van der Waals surface area (Å²) in [6, 6.07) is 7.97. The van der Waals surface area contributed by atoms with Gasteiger partial charge in [0.2, 0.25) is 5.91 Å². The van der Waals surface area contributed by atoms with Gasteiger partial charge in [0, 0.05) is 44.2 Å². The molecular weight excluding hydrogens is 330 g/mol. The van der Waals surface area contributed by atoms with Crippen LogP contribution in [-0.2, 0) is 14.3 Å². The van der Waals surface area contributed by atoms with Gasteiger partial charge in [-0.1, -0.05) is 0 Å². The zero-order chi connectivity index (χ0) is 18.4. The summed E-state index contributed by atoms with van der Waals surface area (Å²) in [5.41, 5.74) is 2.03. The van der Waals surface area contributed by atoms with Gasteiger partial charge >= 0.3 is 0 Å². The van der Waals surface area contributed by atoms with E-state index in [2.05, 4.69) is 27.2 Å². The second-order valence-corrected chi connectivity index (χ2v) is 7.00. The maximum atomic E-state index is 12.6. The first-order chi connectivity index (χ1) is 12.7. The minimum atomic E-state index is -0.128. The molecule has 144 valence electrons. The van der Waals surface area contributed by atoms with Crippen LogP contribution in [0.3, 0.4) is 0 Å². The zero-order valence-corrected chi connectivity index (χ0v) is 15.9. The summed E-state index contributed by atoms with van der Waals surface area (Å²) in [4.78, 5) is 17.1. The molecule has 1 atom stereocenters. The fraction of sp³-hybridized carbons (Fsp3) is 0.650. The predicted octanol–water partition coefficient (Wildman–Crippen LogP) is 2.35. The Morgan fingerprint density at radius 2 is 1.85 bits per heavy atom. The van der Waals surface area contributed by atoms with E-state index < -0.39 is 0 Å². The Labute approximate surface area is 156 Å². The molecule has 6 nitrogen and oxygen atoms in total. The SMILES string of the molecule is CCOC1CCN(C(C)C(=O)Nc2ccc(N3CCOCC3)cc2)CC1. The lowest BCUT2D eigenvalue weighted by Gasteiger charge is -2.35. The summed E-state index contributed by atoms with van der Waals surface area (Å²) in [7, 11) is 0. The topological polar surface area (TPSA) is 54.0 Å². The third-order valence-corrected chi connectivity index (χ3v) is 5.32. The van der Waals surface area contributed by atoms with Gasteiger partial charge in [-0.05, 0) is 51.0 Å². The van der Waals surface area contributed by atoms with E-state index >= 15 is 0 Å². The van der Waals surface area contributed by atoms with Crippen LogP contribution < -0.4 is 10.2 Å². The second kappa shape index (κ2) is 9.35. The lowest BCUT2D eigenvalue weighted by atomic mass is 10.1. The average Bonchev–Trinajstić information content (AvgIpc) is 2.69. The number of hydrogen-bond donors (Lipinski definition) is 1. The molecule has 0 aliphatic carbocycles. The quantitative estimate of drug-likeness (QED) is 0.843. The number of piperidine rings is 1. The van der Waals surface area contributed by atoms with Crippen LogP contribution in [-0.4, -0.2) is 69.0 Å². The van der Waals surface area contributed by atoms with Gasteiger partial charge in [0.05, 0.1) is 25.4 Å². The summed E-state index contributed by atoms with van der Waals surface area (Å²) >= 11 is 0. The molecule has 1 amide bonds. The number of hydrogen-bond acceptors (Lipinski definition) is 5. The molecule has 2 heterocycles. The van der Waals surface area contributed by atoms with E-state index in [1.807, 2.05) is 26.0 Å². The van der Waals surface area contributed by atoms with Crippen molar-refractivity contribution >= 4 is 17.3 Å². The largest absolute Gasteiger partial charge is 0.378 e. The number of morpholine rings is 1. The van der Waals surface area contributed by atoms with E-state index in [1.54, 1.807) is 0 Å². The maximum Gasteiger partial charge on any atom is 0.241 e. The molecule has 0 saturated carbocycles. The van der Waals surface area contributed by atoms with Crippen LogP contribution in [0.4, 0.5) is 11.4 Å². The highest BCUT2D eigenvalue weighted by Crippen LogP contribution is 2.20. The van der Waals surface area contributed by atoms with E-state index in [4.69, 9.17) is 9.47 Å². The first-order valence-electron chi connectivity index (χ1n) is 9.76. The van der Waals surface area contributed by atoms with Crippen LogP contribution in [0.15, 0.2) is 24.3 Å². The molecule has 1 aromatic rings. The zero-order valence-electron chi connectivity index (χ0n) is 15.9. The molecule has 0 spiro atoms. The molecule has 0 bridgehead atoms. The number of anilines is 2. The molecule has 1 N–H and O–H groups in total. The Balaban J connectivity index is 1.49. The smallest absolute Gasteiger partial charge is 0.241 e. The molecule has 6 heteroatoms. The number of benzene rings is 1. The predicted molar refractivity (Wildman–Crippen MR) is 104 cm³/mol. The lowest BCUT2D eigenvalue weighted by molar-refractivity contribution is -0.121. The molecule has 1 unspecified atom stereocenters. The number of carbonyl (C=O) groups is 1. The number of nitrogens with zero attached hydrogens (tertiary/aromatic N) is 2. The summed E-state index contributed by atoms with van der Waals surface area (Å²) in [6.45, 7) is 9.99. The van der Waals surface area contributed by atoms with Gasteiger partial charge in [0.1, 0.15) is 0 Å². The fourth-order valence-corrected chi connectivity index (χ4v) is 3.66. The van der Waals surface area contributed by atoms with Crippen molar-refractivity contribution in [2.75, 3.05) is 56.2 Å². The lowest BCUT2D eigenvalue weighted by Crippen LogP contribution is -2.47. The maximum absolute atomic E-state index is 12.6. The Bertz CT molecular complexity index is 564. The molecule has 2 fully saturated rings. The molecule has 26 heavy (non-hydrogen) atoms. The van der Waals surface area contributed by atoms with E-state index in [0.29, 0.717) is 6.10 Å². The fourth-order valence-electron chi connectivity index (χ4n) is 3.66. The van der Waals surface area contributed by atoms with Crippen LogP contribution in [0.5, 0.6) is 0 Å². The van der Waals surface area contributed by atoms with E-state index in [0.717, 1.165) is 64.5 Å². The molecular formula is C20H31N3O3. The number of carbonyl (C=O) groups excluding carboxylic acids is 1. The average molecular weight is 361 g/mol. The van der Waals surface area contributed by atoms with Gasteiger partial charge in [-0.25, -0.2) is 0 Å². The monoisotopic (exact) mass is 361 g/mol. The molecule has 2 aliphatic heterocycles. The summed E-state index contributed by atoms with van der Waals surface area (Å²) in [5, 5.41) is 3.05. The Morgan fingerprint density at radius 3 is 2.46 bits per heavy atom. The van der Waals surface area contributed by atoms with Crippen molar-refractivity contribution in [3.8, 4) is 0 Å². The van der Waals surface area contributed by atoms with Crippen molar-refractivity contribution in [1.82, 2.24) is 4.90 Å². The number of likely N-dealkylation sites (tertiary alicyclic amines) is 1. The van der Waals surface area contributed by atoms with E-state index in [-0.39, 0.29) is 11.9 Å². The Hall–Kier alpha value is -1.63. The van der Waals surface area contributed by atoms with Gasteiger partial charge in [0.25, 0.3) is 0 Å². The van der Waals surface area contributed by atoms with Gasteiger partial charge < -0.3 is 19.7 Å². The Kier molecular flexibility index (Phi) is 6.88. The normalized spacial score (nSPS) is 20.8. The van der Waals surface area contributed by atoms with Crippen LogP contribution in [0.25, 0.3) is 0 Å². The number of rotatable bonds is 6. The van der Waals surface area contributed by atoms with Crippen molar-refractivity contribution < 1.29 is 14.3 Å². The van der Waals surface area contributed by atoms with Crippen molar-refractivity contribution in [3.63, 3.8) is 0 Å². The van der Waals surface area contributed by atoms with Crippen molar-refractivity contribution in [2.24, 2.45) is 0 Å². The number of ether oxygens (including phenoxy) is 2.